The van der Waals surface area contributed by atoms with Crippen LogP contribution in [0.5, 0.6) is 0 Å². The first-order chi connectivity index (χ1) is 8.08. The van der Waals surface area contributed by atoms with Gasteiger partial charge in [0.25, 0.3) is 0 Å². The molecule has 1 aliphatic heterocycles. The van der Waals surface area contributed by atoms with Crippen LogP contribution in [0, 0.1) is 0 Å². The number of ether oxygens (including phenoxy) is 1. The van der Waals surface area contributed by atoms with Gasteiger partial charge in [-0.25, -0.2) is 0 Å². The molecule has 1 aromatic rings. The molecule has 92 valence electrons. The van der Waals surface area contributed by atoms with Crippen LogP contribution < -0.4 is 4.90 Å². The van der Waals surface area contributed by atoms with E-state index >= 15 is 0 Å². The highest BCUT2D eigenvalue weighted by atomic mass is 35.5. The average Bonchev–Trinajstić information content (AvgIpc) is 2.28. The van der Waals surface area contributed by atoms with E-state index in [-0.39, 0.29) is 11.9 Å². The first-order valence-corrected chi connectivity index (χ1v) is 6.13. The largest absolute Gasteiger partial charge is 0.375 e. The van der Waals surface area contributed by atoms with E-state index in [9.17, 15) is 4.79 Å². The summed E-state index contributed by atoms with van der Waals surface area (Å²) in [6, 6.07) is 5.59. The molecule has 0 aromatic heterocycles. The summed E-state index contributed by atoms with van der Waals surface area (Å²) in [5, 5.41) is 0.522. The Bertz CT molecular complexity index is 433. The summed E-state index contributed by atoms with van der Waals surface area (Å²) in [7, 11) is 0. The molecule has 0 amide bonds. The van der Waals surface area contributed by atoms with Gasteiger partial charge in [0, 0.05) is 24.3 Å². The molecule has 1 aromatic carbocycles. The predicted molar refractivity (Wildman–Crippen MR) is 69.1 cm³/mol. The molecule has 1 heterocycles. The Morgan fingerprint density at radius 2 is 2.29 bits per heavy atom. The first kappa shape index (κ1) is 12.4. The number of halogens is 1. The Morgan fingerprint density at radius 3 is 2.88 bits per heavy atom. The van der Waals surface area contributed by atoms with Crippen LogP contribution in [0.3, 0.4) is 0 Å². The highest BCUT2D eigenvalue weighted by Gasteiger charge is 2.18. The topological polar surface area (TPSA) is 29.5 Å². The minimum Gasteiger partial charge on any atom is -0.375 e. The second-order valence-electron chi connectivity index (χ2n) is 4.35. The Hall–Kier alpha value is -1.06. The SMILES string of the molecule is CC(=O)c1ccc(N2CCOC(C)C2)cc1Cl. The minimum atomic E-state index is -0.00287. The van der Waals surface area contributed by atoms with E-state index in [4.69, 9.17) is 16.3 Å². The fraction of sp³-hybridized carbons (Fsp3) is 0.462. The maximum atomic E-state index is 11.3. The summed E-state index contributed by atoms with van der Waals surface area (Å²) in [5.74, 6) is -0.00287. The van der Waals surface area contributed by atoms with Crippen LogP contribution in [0.1, 0.15) is 24.2 Å². The molecule has 1 aliphatic rings. The molecule has 1 atom stereocenters. The summed E-state index contributed by atoms with van der Waals surface area (Å²) in [5.41, 5.74) is 1.63. The van der Waals surface area contributed by atoms with E-state index in [0.29, 0.717) is 10.6 Å². The molecule has 2 rings (SSSR count). The van der Waals surface area contributed by atoms with Gasteiger partial charge in [-0.05, 0) is 32.0 Å². The molecule has 0 aliphatic carbocycles. The van der Waals surface area contributed by atoms with Crippen LogP contribution in [0.2, 0.25) is 5.02 Å². The summed E-state index contributed by atoms with van der Waals surface area (Å²) in [6.07, 6.45) is 0.231. The number of rotatable bonds is 2. The quantitative estimate of drug-likeness (QED) is 0.759. The van der Waals surface area contributed by atoms with Gasteiger partial charge in [-0.1, -0.05) is 11.6 Å². The van der Waals surface area contributed by atoms with Gasteiger partial charge in [0.05, 0.1) is 17.7 Å². The molecule has 4 heteroatoms. The van der Waals surface area contributed by atoms with Crippen LogP contribution in [0.4, 0.5) is 5.69 Å². The Morgan fingerprint density at radius 1 is 1.53 bits per heavy atom. The lowest BCUT2D eigenvalue weighted by Crippen LogP contribution is -2.41. The molecule has 0 spiro atoms. The number of hydrogen-bond acceptors (Lipinski definition) is 3. The Balaban J connectivity index is 2.22. The van der Waals surface area contributed by atoms with Crippen LogP contribution >= 0.6 is 11.6 Å². The number of anilines is 1. The van der Waals surface area contributed by atoms with E-state index in [1.165, 1.54) is 6.92 Å². The Labute approximate surface area is 106 Å². The van der Waals surface area contributed by atoms with Gasteiger partial charge in [-0.3, -0.25) is 4.79 Å². The third kappa shape index (κ3) is 2.79. The fourth-order valence-electron chi connectivity index (χ4n) is 2.04. The first-order valence-electron chi connectivity index (χ1n) is 5.75. The number of nitrogens with zero attached hydrogens (tertiary/aromatic N) is 1. The van der Waals surface area contributed by atoms with Crippen molar-refractivity contribution >= 4 is 23.1 Å². The van der Waals surface area contributed by atoms with Gasteiger partial charge < -0.3 is 9.64 Å². The monoisotopic (exact) mass is 253 g/mol. The number of Topliss-reactive ketones (excluding diaryl/α,β-unsaturated/α-hetero) is 1. The van der Waals surface area contributed by atoms with Gasteiger partial charge in [0.1, 0.15) is 0 Å². The van der Waals surface area contributed by atoms with Gasteiger partial charge in [0.2, 0.25) is 0 Å². The van der Waals surface area contributed by atoms with Crippen molar-refractivity contribution in [3.8, 4) is 0 Å². The van der Waals surface area contributed by atoms with Crippen molar-refractivity contribution in [1.82, 2.24) is 0 Å². The summed E-state index contributed by atoms with van der Waals surface area (Å²) in [4.78, 5) is 13.5. The maximum absolute atomic E-state index is 11.3. The number of carbonyl (C=O) groups is 1. The van der Waals surface area contributed by atoms with Crippen LogP contribution in [-0.4, -0.2) is 31.6 Å². The number of benzene rings is 1. The normalized spacial score (nSPS) is 20.4. The second-order valence-corrected chi connectivity index (χ2v) is 4.75. The lowest BCUT2D eigenvalue weighted by atomic mass is 10.1. The zero-order valence-corrected chi connectivity index (χ0v) is 10.8. The van der Waals surface area contributed by atoms with Gasteiger partial charge in [-0.2, -0.15) is 0 Å². The van der Waals surface area contributed by atoms with Crippen molar-refractivity contribution in [1.29, 1.82) is 0 Å². The van der Waals surface area contributed by atoms with E-state index in [0.717, 1.165) is 25.4 Å². The number of hydrogen-bond donors (Lipinski definition) is 0. The molecular formula is C13H16ClNO2. The predicted octanol–water partition coefficient (Wildman–Crippen LogP) is 2.77. The van der Waals surface area contributed by atoms with Gasteiger partial charge >= 0.3 is 0 Å². The number of ketones is 1. The van der Waals surface area contributed by atoms with Crippen molar-refractivity contribution in [2.75, 3.05) is 24.6 Å². The lowest BCUT2D eigenvalue weighted by molar-refractivity contribution is 0.0532. The second kappa shape index (κ2) is 5.07. The van der Waals surface area contributed by atoms with Crippen molar-refractivity contribution in [2.24, 2.45) is 0 Å². The highest BCUT2D eigenvalue weighted by Crippen LogP contribution is 2.25. The Kier molecular flexibility index (Phi) is 3.69. The molecule has 0 radical (unpaired) electrons. The smallest absolute Gasteiger partial charge is 0.161 e. The standard InChI is InChI=1S/C13H16ClNO2/c1-9-8-15(5-6-17-9)11-3-4-12(10(2)16)13(14)7-11/h3-4,7,9H,5-6,8H2,1-2H3. The van der Waals surface area contributed by atoms with E-state index in [1.54, 1.807) is 6.07 Å². The highest BCUT2D eigenvalue weighted by molar-refractivity contribution is 6.34. The third-order valence-electron chi connectivity index (χ3n) is 2.94. The number of morpholine rings is 1. The summed E-state index contributed by atoms with van der Waals surface area (Å²) in [6.45, 7) is 6.03. The van der Waals surface area contributed by atoms with E-state index in [1.807, 2.05) is 12.1 Å². The van der Waals surface area contributed by atoms with Crippen molar-refractivity contribution in [3.05, 3.63) is 28.8 Å². The zero-order valence-electron chi connectivity index (χ0n) is 10.1. The maximum Gasteiger partial charge on any atom is 0.161 e. The van der Waals surface area contributed by atoms with Gasteiger partial charge in [-0.15, -0.1) is 0 Å². The van der Waals surface area contributed by atoms with E-state index in [2.05, 4.69) is 11.8 Å². The molecule has 3 nitrogen and oxygen atoms in total. The molecule has 17 heavy (non-hydrogen) atoms. The van der Waals surface area contributed by atoms with Crippen LogP contribution in [0.15, 0.2) is 18.2 Å². The van der Waals surface area contributed by atoms with E-state index < -0.39 is 0 Å². The fourth-order valence-corrected chi connectivity index (χ4v) is 2.35. The van der Waals surface area contributed by atoms with Crippen molar-refractivity contribution in [2.45, 2.75) is 20.0 Å². The molecule has 1 unspecified atom stereocenters. The molecular weight excluding hydrogens is 238 g/mol. The molecule has 0 N–H and O–H groups in total. The van der Waals surface area contributed by atoms with Crippen LogP contribution in [0.25, 0.3) is 0 Å². The summed E-state index contributed by atoms with van der Waals surface area (Å²) < 4.78 is 5.49. The molecule has 1 fully saturated rings. The third-order valence-corrected chi connectivity index (χ3v) is 3.25. The molecule has 1 saturated heterocycles. The lowest BCUT2D eigenvalue weighted by Gasteiger charge is -2.33. The molecule has 0 saturated carbocycles. The number of carbonyl (C=O) groups excluding carboxylic acids is 1. The van der Waals surface area contributed by atoms with Crippen molar-refractivity contribution < 1.29 is 9.53 Å². The van der Waals surface area contributed by atoms with Gasteiger partial charge in [0.15, 0.2) is 5.78 Å². The minimum absolute atomic E-state index is 0.00287. The van der Waals surface area contributed by atoms with Crippen molar-refractivity contribution in [3.63, 3.8) is 0 Å². The van der Waals surface area contributed by atoms with Crippen LogP contribution in [-0.2, 0) is 4.74 Å². The zero-order chi connectivity index (χ0) is 12.4. The average molecular weight is 254 g/mol. The molecule has 0 bridgehead atoms. The summed E-state index contributed by atoms with van der Waals surface area (Å²) >= 11 is 6.10.